The number of carbonyl (C=O) groups is 1. The van der Waals surface area contributed by atoms with Crippen LogP contribution in [0.2, 0.25) is 0 Å². The predicted octanol–water partition coefficient (Wildman–Crippen LogP) is 3.63. The van der Waals surface area contributed by atoms with E-state index in [0.29, 0.717) is 5.56 Å². The number of halogens is 1. The molecule has 0 saturated heterocycles. The van der Waals surface area contributed by atoms with Gasteiger partial charge in [0, 0.05) is 16.1 Å². The van der Waals surface area contributed by atoms with Crippen molar-refractivity contribution < 1.29 is 13.2 Å². The molecule has 2 rings (SSSR count). The van der Waals surface area contributed by atoms with Crippen molar-refractivity contribution in [2.75, 3.05) is 0 Å². The molecule has 0 bridgehead atoms. The van der Waals surface area contributed by atoms with Crippen molar-refractivity contribution in [2.45, 2.75) is 37.8 Å². The van der Waals surface area contributed by atoms with Crippen LogP contribution in [0.15, 0.2) is 57.9 Å². The van der Waals surface area contributed by atoms with Crippen molar-refractivity contribution in [1.29, 1.82) is 0 Å². The zero-order chi connectivity index (χ0) is 18.6. The van der Waals surface area contributed by atoms with Crippen LogP contribution >= 0.6 is 15.9 Å². The molecule has 0 aliphatic carbocycles. The number of amides is 1. The molecule has 0 aliphatic rings. The Balaban J connectivity index is 2.12. The Morgan fingerprint density at radius 3 is 2.16 bits per heavy atom. The molecule has 1 unspecified atom stereocenters. The summed E-state index contributed by atoms with van der Waals surface area (Å²) >= 11 is 3.47. The van der Waals surface area contributed by atoms with Gasteiger partial charge >= 0.3 is 0 Å². The molecule has 1 amide bonds. The van der Waals surface area contributed by atoms with E-state index in [1.165, 1.54) is 24.3 Å². The Bertz CT molecular complexity index is 849. The third-order valence-electron chi connectivity index (χ3n) is 3.54. The van der Waals surface area contributed by atoms with Gasteiger partial charge in [-0.05, 0) is 56.7 Å². The highest BCUT2D eigenvalue weighted by Gasteiger charge is 2.17. The predicted molar refractivity (Wildman–Crippen MR) is 102 cm³/mol. The van der Waals surface area contributed by atoms with Crippen LogP contribution in [0.4, 0.5) is 0 Å². The van der Waals surface area contributed by atoms with E-state index in [1.807, 2.05) is 31.2 Å². The molecule has 2 aromatic carbocycles. The van der Waals surface area contributed by atoms with Crippen molar-refractivity contribution in [3.05, 3.63) is 64.1 Å². The molecular formula is C18H21BrN2O3S. The quantitative estimate of drug-likeness (QED) is 0.742. The Labute approximate surface area is 157 Å². The van der Waals surface area contributed by atoms with Gasteiger partial charge in [0.25, 0.3) is 5.91 Å². The van der Waals surface area contributed by atoms with Crippen LogP contribution in [0.3, 0.4) is 0 Å². The van der Waals surface area contributed by atoms with Gasteiger partial charge in [0.1, 0.15) is 0 Å². The van der Waals surface area contributed by atoms with E-state index in [9.17, 15) is 13.2 Å². The summed E-state index contributed by atoms with van der Waals surface area (Å²) in [7, 11) is -3.56. The number of hydrogen-bond acceptors (Lipinski definition) is 3. The van der Waals surface area contributed by atoms with E-state index >= 15 is 0 Å². The summed E-state index contributed by atoms with van der Waals surface area (Å²) in [4.78, 5) is 12.5. The molecule has 0 spiro atoms. The fraction of sp³-hybridized carbons (Fsp3) is 0.278. The monoisotopic (exact) mass is 424 g/mol. The van der Waals surface area contributed by atoms with Crippen LogP contribution in [0, 0.1) is 0 Å². The van der Waals surface area contributed by atoms with Gasteiger partial charge in [-0.2, -0.15) is 0 Å². The molecule has 0 fully saturated rings. The highest BCUT2D eigenvalue weighted by molar-refractivity contribution is 9.10. The first-order chi connectivity index (χ1) is 11.7. The van der Waals surface area contributed by atoms with Gasteiger partial charge in [-0.25, -0.2) is 13.1 Å². The Kier molecular flexibility index (Phi) is 6.37. The van der Waals surface area contributed by atoms with Crippen molar-refractivity contribution in [3.8, 4) is 0 Å². The van der Waals surface area contributed by atoms with Gasteiger partial charge in [-0.15, -0.1) is 0 Å². The number of sulfonamides is 1. The van der Waals surface area contributed by atoms with Crippen LogP contribution in [-0.4, -0.2) is 20.4 Å². The van der Waals surface area contributed by atoms with Crippen LogP contribution in [0.1, 0.15) is 42.7 Å². The third kappa shape index (κ3) is 5.14. The third-order valence-corrected chi connectivity index (χ3v) is 5.93. The molecule has 134 valence electrons. The van der Waals surface area contributed by atoms with Crippen LogP contribution in [0.25, 0.3) is 0 Å². The van der Waals surface area contributed by atoms with Crippen LogP contribution in [-0.2, 0) is 10.0 Å². The lowest BCUT2D eigenvalue weighted by Crippen LogP contribution is -2.30. The maximum Gasteiger partial charge on any atom is 0.251 e. The minimum absolute atomic E-state index is 0.136. The largest absolute Gasteiger partial charge is 0.345 e. The van der Waals surface area contributed by atoms with E-state index in [1.54, 1.807) is 13.8 Å². The van der Waals surface area contributed by atoms with Crippen molar-refractivity contribution in [3.63, 3.8) is 0 Å². The highest BCUT2D eigenvalue weighted by Crippen LogP contribution is 2.23. The zero-order valence-electron chi connectivity index (χ0n) is 14.3. The van der Waals surface area contributed by atoms with Crippen molar-refractivity contribution >= 4 is 31.9 Å². The van der Waals surface area contributed by atoms with Gasteiger partial charge in [0.2, 0.25) is 10.0 Å². The molecule has 2 N–H and O–H groups in total. The second-order valence-electron chi connectivity index (χ2n) is 6.02. The SMILES string of the molecule is CC(C)NS(=O)(=O)c1ccc(C(=O)NC(C)c2ccccc2Br)cc1. The first-order valence-electron chi connectivity index (χ1n) is 7.88. The first kappa shape index (κ1) is 19.6. The Morgan fingerprint density at radius 2 is 1.60 bits per heavy atom. The highest BCUT2D eigenvalue weighted by atomic mass is 79.9. The van der Waals surface area contributed by atoms with E-state index in [0.717, 1.165) is 10.0 Å². The smallest absolute Gasteiger partial charge is 0.251 e. The van der Waals surface area contributed by atoms with Gasteiger partial charge in [0.15, 0.2) is 0 Å². The summed E-state index contributed by atoms with van der Waals surface area (Å²) in [5.74, 6) is -0.260. The fourth-order valence-corrected chi connectivity index (χ4v) is 4.23. The maximum absolute atomic E-state index is 12.4. The average molecular weight is 425 g/mol. The molecule has 5 nitrogen and oxygen atoms in total. The molecular weight excluding hydrogens is 404 g/mol. The second-order valence-corrected chi connectivity index (χ2v) is 8.59. The Morgan fingerprint density at radius 1 is 1.00 bits per heavy atom. The van der Waals surface area contributed by atoms with Crippen molar-refractivity contribution in [1.82, 2.24) is 10.0 Å². The molecule has 7 heteroatoms. The number of hydrogen-bond donors (Lipinski definition) is 2. The fourth-order valence-electron chi connectivity index (χ4n) is 2.35. The molecule has 2 aromatic rings. The molecule has 0 aliphatic heterocycles. The van der Waals surface area contributed by atoms with Gasteiger partial charge < -0.3 is 5.32 Å². The zero-order valence-corrected chi connectivity index (χ0v) is 16.7. The summed E-state index contributed by atoms with van der Waals surface area (Å²) in [6, 6.07) is 13.2. The van der Waals surface area contributed by atoms with E-state index in [4.69, 9.17) is 0 Å². The molecule has 0 saturated carbocycles. The van der Waals surface area contributed by atoms with Gasteiger partial charge in [-0.1, -0.05) is 34.1 Å². The minimum Gasteiger partial charge on any atom is -0.345 e. The minimum atomic E-state index is -3.56. The number of nitrogens with one attached hydrogen (secondary N) is 2. The van der Waals surface area contributed by atoms with Gasteiger partial charge in [-0.3, -0.25) is 4.79 Å². The maximum atomic E-state index is 12.4. The number of rotatable bonds is 6. The second kappa shape index (κ2) is 8.12. The molecule has 0 radical (unpaired) electrons. The lowest BCUT2D eigenvalue weighted by Gasteiger charge is -2.16. The summed E-state index contributed by atoms with van der Waals surface area (Å²) in [6.07, 6.45) is 0. The van der Waals surface area contributed by atoms with E-state index < -0.39 is 10.0 Å². The lowest BCUT2D eigenvalue weighted by atomic mass is 10.1. The standard InChI is InChI=1S/C18H21BrN2O3S/c1-12(2)21-25(23,24)15-10-8-14(9-11-15)18(22)20-13(3)16-6-4-5-7-17(16)19/h4-13,21H,1-3H3,(H,20,22). The molecule has 25 heavy (non-hydrogen) atoms. The summed E-state index contributed by atoms with van der Waals surface area (Å²) < 4.78 is 27.6. The summed E-state index contributed by atoms with van der Waals surface area (Å²) in [5.41, 5.74) is 1.37. The van der Waals surface area contributed by atoms with Gasteiger partial charge in [0.05, 0.1) is 10.9 Å². The summed E-state index contributed by atoms with van der Waals surface area (Å²) in [5, 5.41) is 2.91. The molecule has 0 heterocycles. The number of benzene rings is 2. The molecule has 0 aromatic heterocycles. The molecule has 1 atom stereocenters. The van der Waals surface area contributed by atoms with E-state index in [2.05, 4.69) is 26.0 Å². The van der Waals surface area contributed by atoms with Crippen molar-refractivity contribution in [2.24, 2.45) is 0 Å². The van der Waals surface area contributed by atoms with Crippen LogP contribution < -0.4 is 10.0 Å². The Hall–Kier alpha value is -1.70. The average Bonchev–Trinajstić information content (AvgIpc) is 2.54. The van der Waals surface area contributed by atoms with Crippen LogP contribution in [0.5, 0.6) is 0 Å². The summed E-state index contributed by atoms with van der Waals surface area (Å²) in [6.45, 7) is 5.40. The number of carbonyl (C=O) groups excluding carboxylic acids is 1. The lowest BCUT2D eigenvalue weighted by molar-refractivity contribution is 0.0939. The first-order valence-corrected chi connectivity index (χ1v) is 10.2. The topological polar surface area (TPSA) is 75.3 Å². The van der Waals surface area contributed by atoms with E-state index in [-0.39, 0.29) is 22.9 Å². The normalized spacial score (nSPS) is 12.8.